The van der Waals surface area contributed by atoms with Crippen molar-refractivity contribution in [3.05, 3.63) is 42.4 Å². The van der Waals surface area contributed by atoms with E-state index in [4.69, 9.17) is 5.73 Å². The van der Waals surface area contributed by atoms with Crippen molar-refractivity contribution in [3.8, 4) is 0 Å². The van der Waals surface area contributed by atoms with Crippen LogP contribution in [0.25, 0.3) is 0 Å². The highest BCUT2D eigenvalue weighted by atomic mass is 14.9. The zero-order valence-electron chi connectivity index (χ0n) is 8.44. The molecule has 2 aromatic heterocycles. The van der Waals surface area contributed by atoms with Crippen LogP contribution in [-0.2, 0) is 0 Å². The molecule has 0 unspecified atom stereocenters. The molecule has 76 valence electrons. The third kappa shape index (κ3) is 2.22. The quantitative estimate of drug-likeness (QED) is 0.779. The molecular weight excluding hydrogens is 188 g/mol. The molecule has 0 amide bonds. The zero-order valence-corrected chi connectivity index (χ0v) is 8.44. The fourth-order valence-electron chi connectivity index (χ4n) is 1.28. The Morgan fingerprint density at radius 1 is 1.27 bits per heavy atom. The molecule has 0 aliphatic carbocycles. The average Bonchev–Trinajstić information content (AvgIpc) is 2.22. The molecule has 0 saturated heterocycles. The minimum absolute atomic E-state index is 0.501. The first-order chi connectivity index (χ1) is 7.25. The monoisotopic (exact) mass is 200 g/mol. The first-order valence-corrected chi connectivity index (χ1v) is 4.65. The van der Waals surface area contributed by atoms with Crippen molar-refractivity contribution >= 4 is 17.2 Å². The summed E-state index contributed by atoms with van der Waals surface area (Å²) in [5.74, 6) is 0.501. The van der Waals surface area contributed by atoms with Crippen LogP contribution in [0.1, 0.15) is 5.56 Å². The molecule has 2 aromatic rings. The van der Waals surface area contributed by atoms with Gasteiger partial charge in [-0.2, -0.15) is 0 Å². The lowest BCUT2D eigenvalue weighted by molar-refractivity contribution is 1.27. The summed E-state index contributed by atoms with van der Waals surface area (Å²) in [7, 11) is 0. The SMILES string of the molecule is Cc1ccncc1Nc1ccnc(N)c1. The molecule has 0 fully saturated rings. The smallest absolute Gasteiger partial charge is 0.125 e. The van der Waals surface area contributed by atoms with Gasteiger partial charge in [0.05, 0.1) is 11.9 Å². The van der Waals surface area contributed by atoms with Crippen LogP contribution in [0, 0.1) is 6.92 Å². The van der Waals surface area contributed by atoms with Gasteiger partial charge in [-0.25, -0.2) is 4.98 Å². The summed E-state index contributed by atoms with van der Waals surface area (Å²) in [6, 6.07) is 5.60. The zero-order chi connectivity index (χ0) is 10.7. The maximum absolute atomic E-state index is 5.58. The van der Waals surface area contributed by atoms with E-state index in [-0.39, 0.29) is 0 Å². The summed E-state index contributed by atoms with van der Waals surface area (Å²) in [6.45, 7) is 2.02. The fourth-order valence-corrected chi connectivity index (χ4v) is 1.28. The van der Waals surface area contributed by atoms with Crippen molar-refractivity contribution in [3.63, 3.8) is 0 Å². The molecule has 0 radical (unpaired) electrons. The standard InChI is InChI=1S/C11H12N4/c1-8-2-4-13-7-10(8)15-9-3-5-14-11(12)6-9/h2-7H,1H3,(H3,12,14,15). The molecule has 0 spiro atoms. The van der Waals surface area contributed by atoms with Gasteiger partial charge < -0.3 is 11.1 Å². The Labute approximate surface area is 88.2 Å². The van der Waals surface area contributed by atoms with E-state index in [1.165, 1.54) is 0 Å². The average molecular weight is 200 g/mol. The summed E-state index contributed by atoms with van der Waals surface area (Å²) >= 11 is 0. The first kappa shape index (κ1) is 9.45. The lowest BCUT2D eigenvalue weighted by Crippen LogP contribution is -1.96. The van der Waals surface area contributed by atoms with Crippen molar-refractivity contribution in [2.75, 3.05) is 11.1 Å². The van der Waals surface area contributed by atoms with Gasteiger partial charge in [0.1, 0.15) is 5.82 Å². The Morgan fingerprint density at radius 2 is 2.13 bits per heavy atom. The predicted octanol–water partition coefficient (Wildman–Crippen LogP) is 2.11. The lowest BCUT2D eigenvalue weighted by Gasteiger charge is -2.08. The molecule has 4 heteroatoms. The van der Waals surface area contributed by atoms with E-state index in [1.54, 1.807) is 24.7 Å². The fraction of sp³-hybridized carbons (Fsp3) is 0.0909. The van der Waals surface area contributed by atoms with Gasteiger partial charge in [-0.3, -0.25) is 4.98 Å². The van der Waals surface area contributed by atoms with Gasteiger partial charge in [0, 0.05) is 24.1 Å². The second kappa shape index (κ2) is 3.96. The van der Waals surface area contributed by atoms with E-state index in [0.717, 1.165) is 16.9 Å². The van der Waals surface area contributed by atoms with Gasteiger partial charge in [0.15, 0.2) is 0 Å². The molecule has 15 heavy (non-hydrogen) atoms. The van der Waals surface area contributed by atoms with E-state index in [1.807, 2.05) is 19.1 Å². The van der Waals surface area contributed by atoms with Crippen LogP contribution in [0.15, 0.2) is 36.8 Å². The van der Waals surface area contributed by atoms with Gasteiger partial charge >= 0.3 is 0 Å². The maximum Gasteiger partial charge on any atom is 0.125 e. The maximum atomic E-state index is 5.58. The Morgan fingerprint density at radius 3 is 2.87 bits per heavy atom. The van der Waals surface area contributed by atoms with Gasteiger partial charge in [-0.15, -0.1) is 0 Å². The van der Waals surface area contributed by atoms with Crippen LogP contribution in [-0.4, -0.2) is 9.97 Å². The summed E-state index contributed by atoms with van der Waals surface area (Å²) in [6.07, 6.45) is 5.22. The number of nitrogen functional groups attached to an aromatic ring is 1. The minimum Gasteiger partial charge on any atom is -0.384 e. The number of hydrogen-bond donors (Lipinski definition) is 2. The summed E-state index contributed by atoms with van der Waals surface area (Å²) < 4.78 is 0. The van der Waals surface area contributed by atoms with Crippen LogP contribution in [0.4, 0.5) is 17.2 Å². The molecule has 0 aliphatic heterocycles. The topological polar surface area (TPSA) is 63.8 Å². The Kier molecular flexibility index (Phi) is 2.49. The number of aryl methyl sites for hydroxylation is 1. The molecule has 4 nitrogen and oxygen atoms in total. The van der Waals surface area contributed by atoms with Gasteiger partial charge in [0.25, 0.3) is 0 Å². The highest BCUT2D eigenvalue weighted by molar-refractivity contribution is 5.63. The van der Waals surface area contributed by atoms with Gasteiger partial charge in [-0.05, 0) is 24.6 Å². The Bertz CT molecular complexity index is 468. The van der Waals surface area contributed by atoms with E-state index in [9.17, 15) is 0 Å². The second-order valence-electron chi connectivity index (χ2n) is 3.28. The number of nitrogens with zero attached hydrogens (tertiary/aromatic N) is 2. The summed E-state index contributed by atoms with van der Waals surface area (Å²) in [5, 5.41) is 3.23. The number of anilines is 3. The summed E-state index contributed by atoms with van der Waals surface area (Å²) in [5.41, 5.74) is 8.61. The van der Waals surface area contributed by atoms with Gasteiger partial charge in [0.2, 0.25) is 0 Å². The molecular formula is C11H12N4. The van der Waals surface area contributed by atoms with E-state index < -0.39 is 0 Å². The van der Waals surface area contributed by atoms with Crippen LogP contribution in [0.3, 0.4) is 0 Å². The minimum atomic E-state index is 0.501. The largest absolute Gasteiger partial charge is 0.384 e. The van der Waals surface area contributed by atoms with E-state index in [0.29, 0.717) is 5.82 Å². The normalized spacial score (nSPS) is 9.93. The number of rotatable bonds is 2. The first-order valence-electron chi connectivity index (χ1n) is 4.65. The number of nitrogens with one attached hydrogen (secondary N) is 1. The third-order valence-electron chi connectivity index (χ3n) is 2.10. The van der Waals surface area contributed by atoms with Crippen LogP contribution in [0.2, 0.25) is 0 Å². The van der Waals surface area contributed by atoms with E-state index >= 15 is 0 Å². The molecule has 0 aliphatic rings. The number of hydrogen-bond acceptors (Lipinski definition) is 4. The molecule has 2 heterocycles. The predicted molar refractivity (Wildman–Crippen MR) is 60.9 cm³/mol. The molecule has 0 saturated carbocycles. The van der Waals surface area contributed by atoms with Crippen molar-refractivity contribution in [2.45, 2.75) is 6.92 Å². The van der Waals surface area contributed by atoms with Crippen molar-refractivity contribution in [1.29, 1.82) is 0 Å². The highest BCUT2D eigenvalue weighted by Gasteiger charge is 1.98. The molecule has 0 atom stereocenters. The number of nitrogens with two attached hydrogens (primary N) is 1. The molecule has 0 bridgehead atoms. The van der Waals surface area contributed by atoms with Crippen LogP contribution in [0.5, 0.6) is 0 Å². The lowest BCUT2D eigenvalue weighted by atomic mass is 10.2. The molecule has 2 rings (SSSR count). The number of aromatic nitrogens is 2. The Balaban J connectivity index is 2.26. The molecule has 0 aromatic carbocycles. The summed E-state index contributed by atoms with van der Waals surface area (Å²) in [4.78, 5) is 7.98. The van der Waals surface area contributed by atoms with E-state index in [2.05, 4.69) is 15.3 Å². The number of pyridine rings is 2. The van der Waals surface area contributed by atoms with Crippen molar-refractivity contribution < 1.29 is 0 Å². The highest BCUT2D eigenvalue weighted by Crippen LogP contribution is 2.19. The van der Waals surface area contributed by atoms with Crippen LogP contribution < -0.4 is 11.1 Å². The Hall–Kier alpha value is -2.10. The van der Waals surface area contributed by atoms with Crippen molar-refractivity contribution in [2.24, 2.45) is 0 Å². The molecule has 3 N–H and O–H groups in total. The van der Waals surface area contributed by atoms with Crippen molar-refractivity contribution in [1.82, 2.24) is 9.97 Å². The van der Waals surface area contributed by atoms with Crippen LogP contribution >= 0.6 is 0 Å². The second-order valence-corrected chi connectivity index (χ2v) is 3.28. The third-order valence-corrected chi connectivity index (χ3v) is 2.10. The van der Waals surface area contributed by atoms with Gasteiger partial charge in [-0.1, -0.05) is 0 Å².